The SMILES string of the molecule is C=C1C(=C)C(C)(C)c2cc3ccc4c5c(cc6ccc1c2c6c35)C(C)(C)c1ccccc1-4. The molecule has 2 aliphatic carbocycles. The van der Waals surface area contributed by atoms with E-state index in [1.54, 1.807) is 0 Å². The van der Waals surface area contributed by atoms with Crippen molar-refractivity contribution in [3.8, 4) is 11.1 Å². The summed E-state index contributed by atoms with van der Waals surface area (Å²) in [5.41, 5.74) is 10.2. The Morgan fingerprint density at radius 3 is 1.78 bits per heavy atom. The summed E-state index contributed by atoms with van der Waals surface area (Å²) in [5.74, 6) is 0. The van der Waals surface area contributed by atoms with E-state index in [1.165, 1.54) is 65.7 Å². The molecule has 0 aliphatic heterocycles. The minimum atomic E-state index is -0.136. The monoisotopic (exact) mass is 410 g/mol. The number of fused-ring (bicyclic) bond motifs is 2. The highest BCUT2D eigenvalue weighted by molar-refractivity contribution is 6.30. The summed E-state index contributed by atoms with van der Waals surface area (Å²) in [6.45, 7) is 18.3. The minimum absolute atomic E-state index is 0.0482. The van der Waals surface area contributed by atoms with Crippen LogP contribution in [0.25, 0.3) is 49.0 Å². The van der Waals surface area contributed by atoms with Gasteiger partial charge < -0.3 is 0 Å². The second-order valence-corrected chi connectivity index (χ2v) is 10.8. The standard InChI is InChI=1S/C32H26/c1-17-18(2)31(3,4)25-15-20-12-14-23-22-9-7-8-10-24(22)32(5,6)26-16-19-11-13-21(17)29(25)27(19)28(20)30(23)26/h7-16H,1-2H2,3-6H3. The van der Waals surface area contributed by atoms with Gasteiger partial charge in [0, 0.05) is 10.8 Å². The van der Waals surface area contributed by atoms with Crippen LogP contribution in [0.4, 0.5) is 0 Å². The zero-order valence-corrected chi connectivity index (χ0v) is 19.2. The van der Waals surface area contributed by atoms with Crippen molar-refractivity contribution in [3.63, 3.8) is 0 Å². The van der Waals surface area contributed by atoms with Crippen molar-refractivity contribution in [1.29, 1.82) is 0 Å². The Morgan fingerprint density at radius 1 is 0.531 bits per heavy atom. The van der Waals surface area contributed by atoms with Gasteiger partial charge in [-0.1, -0.05) is 89.4 Å². The first-order valence-corrected chi connectivity index (χ1v) is 11.5. The molecule has 0 atom stereocenters. The van der Waals surface area contributed by atoms with Gasteiger partial charge in [-0.2, -0.15) is 0 Å². The quantitative estimate of drug-likeness (QED) is 0.224. The van der Waals surface area contributed by atoms with Crippen LogP contribution in [-0.4, -0.2) is 0 Å². The highest BCUT2D eigenvalue weighted by Gasteiger charge is 2.38. The highest BCUT2D eigenvalue weighted by atomic mass is 14.4. The first-order chi connectivity index (χ1) is 15.2. The second kappa shape index (κ2) is 5.33. The first kappa shape index (κ1) is 18.2. The summed E-state index contributed by atoms with van der Waals surface area (Å²) in [7, 11) is 0. The minimum Gasteiger partial charge on any atom is -0.0943 e. The van der Waals surface area contributed by atoms with Gasteiger partial charge >= 0.3 is 0 Å². The molecule has 0 heteroatoms. The third-order valence-corrected chi connectivity index (χ3v) is 8.54. The van der Waals surface area contributed by atoms with E-state index in [0.29, 0.717) is 0 Å². The van der Waals surface area contributed by atoms with E-state index >= 15 is 0 Å². The van der Waals surface area contributed by atoms with Gasteiger partial charge in [0.1, 0.15) is 0 Å². The molecule has 154 valence electrons. The Balaban J connectivity index is 1.80. The van der Waals surface area contributed by atoms with Crippen molar-refractivity contribution in [3.05, 3.63) is 102 Å². The lowest BCUT2D eigenvalue weighted by Gasteiger charge is -2.39. The molecule has 0 radical (unpaired) electrons. The Labute approximate surface area is 189 Å². The maximum atomic E-state index is 4.46. The Kier molecular flexibility index (Phi) is 3.03. The number of allylic oxidation sites excluding steroid dienone is 2. The van der Waals surface area contributed by atoms with Crippen molar-refractivity contribution in [2.45, 2.75) is 38.5 Å². The predicted molar refractivity (Wildman–Crippen MR) is 139 cm³/mol. The van der Waals surface area contributed by atoms with Crippen molar-refractivity contribution in [2.75, 3.05) is 0 Å². The van der Waals surface area contributed by atoms with E-state index in [2.05, 4.69) is 102 Å². The van der Waals surface area contributed by atoms with Crippen LogP contribution in [0, 0.1) is 0 Å². The second-order valence-electron chi connectivity index (χ2n) is 10.8. The van der Waals surface area contributed by atoms with Gasteiger partial charge in [0.05, 0.1) is 0 Å². The van der Waals surface area contributed by atoms with E-state index in [-0.39, 0.29) is 10.8 Å². The Hall–Kier alpha value is -3.38. The third kappa shape index (κ3) is 1.83. The van der Waals surface area contributed by atoms with Crippen LogP contribution in [0.15, 0.2) is 79.4 Å². The van der Waals surface area contributed by atoms with Crippen LogP contribution in [0.3, 0.4) is 0 Å². The molecule has 0 spiro atoms. The Morgan fingerprint density at radius 2 is 1.09 bits per heavy atom. The first-order valence-electron chi connectivity index (χ1n) is 11.5. The fourth-order valence-electron chi connectivity index (χ4n) is 6.60. The summed E-state index contributed by atoms with van der Waals surface area (Å²) in [6.07, 6.45) is 0. The van der Waals surface area contributed by atoms with Gasteiger partial charge in [0.25, 0.3) is 0 Å². The molecule has 0 fully saturated rings. The largest absolute Gasteiger partial charge is 0.0943 e. The fourth-order valence-corrected chi connectivity index (χ4v) is 6.60. The summed E-state index contributed by atoms with van der Waals surface area (Å²) in [5, 5.41) is 8.27. The molecular formula is C32H26. The average Bonchev–Trinajstić information content (AvgIpc) is 2.79. The molecule has 0 unspecified atom stereocenters. The molecule has 2 aliphatic rings. The van der Waals surface area contributed by atoms with Gasteiger partial charge in [0.15, 0.2) is 0 Å². The van der Waals surface area contributed by atoms with Gasteiger partial charge in [0.2, 0.25) is 0 Å². The molecule has 5 aromatic carbocycles. The lowest BCUT2D eigenvalue weighted by Crippen LogP contribution is -2.26. The van der Waals surface area contributed by atoms with Crippen LogP contribution in [-0.2, 0) is 10.8 Å². The number of benzene rings is 5. The van der Waals surface area contributed by atoms with Crippen LogP contribution < -0.4 is 0 Å². The van der Waals surface area contributed by atoms with Crippen molar-refractivity contribution in [1.82, 2.24) is 0 Å². The molecular weight excluding hydrogens is 384 g/mol. The molecule has 0 aromatic heterocycles. The van der Waals surface area contributed by atoms with E-state index < -0.39 is 0 Å². The maximum absolute atomic E-state index is 4.46. The molecule has 5 aromatic rings. The molecule has 0 nitrogen and oxygen atoms in total. The average molecular weight is 411 g/mol. The van der Waals surface area contributed by atoms with Crippen LogP contribution in [0.1, 0.15) is 49.9 Å². The van der Waals surface area contributed by atoms with Gasteiger partial charge in [-0.3, -0.25) is 0 Å². The molecule has 0 amide bonds. The number of rotatable bonds is 0. The molecule has 7 rings (SSSR count). The topological polar surface area (TPSA) is 0 Å². The van der Waals surface area contributed by atoms with E-state index in [9.17, 15) is 0 Å². The molecule has 0 N–H and O–H groups in total. The van der Waals surface area contributed by atoms with Crippen molar-refractivity contribution < 1.29 is 0 Å². The zero-order chi connectivity index (χ0) is 22.2. The van der Waals surface area contributed by atoms with Crippen LogP contribution in [0.5, 0.6) is 0 Å². The molecule has 0 saturated carbocycles. The van der Waals surface area contributed by atoms with E-state index in [1.807, 2.05) is 0 Å². The maximum Gasteiger partial charge on any atom is 0.0159 e. The normalized spacial score (nSPS) is 18.0. The summed E-state index contributed by atoms with van der Waals surface area (Å²) >= 11 is 0. The van der Waals surface area contributed by atoms with E-state index in [4.69, 9.17) is 0 Å². The summed E-state index contributed by atoms with van der Waals surface area (Å²) in [4.78, 5) is 0. The molecule has 0 saturated heterocycles. The molecule has 0 bridgehead atoms. The van der Waals surface area contributed by atoms with Gasteiger partial charge in [-0.25, -0.2) is 0 Å². The smallest absolute Gasteiger partial charge is 0.0159 e. The predicted octanol–water partition coefficient (Wildman–Crippen LogP) is 8.75. The lowest BCUT2D eigenvalue weighted by molar-refractivity contribution is 0.645. The van der Waals surface area contributed by atoms with Crippen molar-refractivity contribution in [2.24, 2.45) is 0 Å². The Bertz CT molecular complexity index is 1690. The number of hydrogen-bond acceptors (Lipinski definition) is 0. The fraction of sp³-hybridized carbons (Fsp3) is 0.188. The van der Waals surface area contributed by atoms with Gasteiger partial charge in [-0.15, -0.1) is 0 Å². The molecule has 32 heavy (non-hydrogen) atoms. The third-order valence-electron chi connectivity index (χ3n) is 8.54. The van der Waals surface area contributed by atoms with Gasteiger partial charge in [-0.05, 0) is 89.0 Å². The summed E-state index contributed by atoms with van der Waals surface area (Å²) in [6, 6.07) is 23.1. The highest BCUT2D eigenvalue weighted by Crippen LogP contribution is 2.56. The van der Waals surface area contributed by atoms with E-state index in [0.717, 1.165) is 11.1 Å². The van der Waals surface area contributed by atoms with Crippen LogP contribution in [0.2, 0.25) is 0 Å². The van der Waals surface area contributed by atoms with Crippen molar-refractivity contribution >= 4 is 37.9 Å². The zero-order valence-electron chi connectivity index (χ0n) is 19.2. The lowest BCUT2D eigenvalue weighted by atomic mass is 9.64. The molecule has 0 heterocycles. The summed E-state index contributed by atoms with van der Waals surface area (Å²) < 4.78 is 0. The van der Waals surface area contributed by atoms with Crippen LogP contribution >= 0.6 is 0 Å². The number of hydrogen-bond donors (Lipinski definition) is 0.